The van der Waals surface area contributed by atoms with E-state index in [0.29, 0.717) is 35.4 Å². The number of benzene rings is 1. The Balaban J connectivity index is 1.38. The van der Waals surface area contributed by atoms with E-state index in [1.54, 1.807) is 12.1 Å². The Morgan fingerprint density at radius 1 is 1.10 bits per heavy atom. The van der Waals surface area contributed by atoms with E-state index in [-0.39, 0.29) is 37.3 Å². The number of nitrogens with one attached hydrogen (secondary N) is 3. The number of carbonyl (C=O) groups excluding carboxylic acids is 5. The topological polar surface area (TPSA) is 146 Å². The van der Waals surface area contributed by atoms with Crippen LogP contribution in [-0.4, -0.2) is 76.3 Å². The fourth-order valence-electron chi connectivity index (χ4n) is 6.92. The van der Waals surface area contributed by atoms with E-state index in [0.717, 1.165) is 31.2 Å². The molecule has 1 spiro atoms. The summed E-state index contributed by atoms with van der Waals surface area (Å²) >= 11 is 6.24. The summed E-state index contributed by atoms with van der Waals surface area (Å²) in [5, 5.41) is 13.5. The molecule has 5 rings (SSSR count). The number of Topliss-reactive ketones (excluding diaryl/α,β-unsaturated/α-hetero) is 1. The minimum atomic E-state index is -1.04. The van der Waals surface area contributed by atoms with Gasteiger partial charge in [0.1, 0.15) is 12.1 Å². The van der Waals surface area contributed by atoms with Gasteiger partial charge in [-0.1, -0.05) is 76.9 Å². The Morgan fingerprint density at radius 3 is 2.46 bits per heavy atom. The lowest BCUT2D eigenvalue weighted by Crippen LogP contribution is -2.59. The van der Waals surface area contributed by atoms with Crippen molar-refractivity contribution in [3.8, 4) is 0 Å². The van der Waals surface area contributed by atoms with Crippen LogP contribution in [0.25, 0.3) is 0 Å². The minimum absolute atomic E-state index is 0.00345. The summed E-state index contributed by atoms with van der Waals surface area (Å²) in [5.74, 6) is -1.88. The van der Waals surface area contributed by atoms with E-state index in [2.05, 4.69) is 35.0 Å². The molecule has 1 saturated heterocycles. The second kappa shape index (κ2) is 14.2. The third-order valence-corrected chi connectivity index (χ3v) is 10.00. The SMILES string of the molecule is CCC[C@H](NC(=O)[C@@H]1C[C@]2(CC(c3cccc(Cl)c3)=NO2)CN1C(=O)[C@@H](NC(=O)C1C[C@@H]1CC(C)C)C(C)(C)C)C(=O)C(=O)NC1CC1. The number of hydrogen-bond acceptors (Lipinski definition) is 7. The van der Waals surface area contributed by atoms with Crippen LogP contribution in [-0.2, 0) is 28.8 Å². The molecular weight excluding hydrogens is 634 g/mol. The van der Waals surface area contributed by atoms with Crippen LogP contribution in [0.15, 0.2) is 29.4 Å². The summed E-state index contributed by atoms with van der Waals surface area (Å²) in [6.07, 6.45) is 4.67. The van der Waals surface area contributed by atoms with Gasteiger partial charge in [0, 0.05) is 35.4 Å². The molecule has 0 radical (unpaired) electrons. The van der Waals surface area contributed by atoms with Crippen molar-refractivity contribution in [3.05, 3.63) is 34.9 Å². The normalized spacial score (nSPS) is 26.0. The first-order valence-corrected chi connectivity index (χ1v) is 17.8. The number of carbonyl (C=O) groups is 5. The van der Waals surface area contributed by atoms with Gasteiger partial charge in [0.25, 0.3) is 5.91 Å². The molecule has 1 aromatic carbocycles. The number of amides is 4. The van der Waals surface area contributed by atoms with Gasteiger partial charge in [-0.3, -0.25) is 24.0 Å². The maximum atomic E-state index is 14.6. The van der Waals surface area contributed by atoms with Crippen LogP contribution in [0.3, 0.4) is 0 Å². The summed E-state index contributed by atoms with van der Waals surface area (Å²) < 4.78 is 0. The molecule has 4 aliphatic rings. The predicted octanol–water partition coefficient (Wildman–Crippen LogP) is 4.15. The van der Waals surface area contributed by atoms with Gasteiger partial charge in [0.2, 0.25) is 23.5 Å². The molecule has 2 saturated carbocycles. The molecule has 1 aromatic rings. The quantitative estimate of drug-likeness (QED) is 0.266. The first-order chi connectivity index (χ1) is 22.6. The van der Waals surface area contributed by atoms with Crippen molar-refractivity contribution in [2.24, 2.45) is 28.3 Å². The van der Waals surface area contributed by atoms with E-state index in [9.17, 15) is 24.0 Å². The highest BCUT2D eigenvalue weighted by Crippen LogP contribution is 2.44. The number of ketones is 1. The van der Waals surface area contributed by atoms with E-state index < -0.39 is 52.6 Å². The molecule has 1 unspecified atom stereocenters. The molecule has 6 atom stereocenters. The average molecular weight is 684 g/mol. The summed E-state index contributed by atoms with van der Waals surface area (Å²) in [6, 6.07) is 4.26. The fraction of sp³-hybridized carbons (Fsp3) is 0.667. The first-order valence-electron chi connectivity index (χ1n) is 17.4. The van der Waals surface area contributed by atoms with Crippen LogP contribution in [0, 0.1) is 23.2 Å². The lowest BCUT2D eigenvalue weighted by molar-refractivity contribution is -0.145. The highest BCUT2D eigenvalue weighted by atomic mass is 35.5. The standard InChI is InChI=1S/C36H50ClN5O6/c1-7-9-26(29(43)33(46)38-24-12-13-24)39-32(45)28-18-36(17-27(41-48-36)21-10-8-11-23(37)15-21)19-42(28)34(47)30(35(4,5)6)40-31(44)25-16-22(25)14-20(2)3/h8,10-11,15,20,22,24-26,28,30H,7,9,12-14,16-19H2,1-6H3,(H,38,46)(H,39,45)(H,40,44)/t22-,25?,26-,28-,30+,36+/m0/s1. The molecule has 48 heavy (non-hydrogen) atoms. The maximum Gasteiger partial charge on any atom is 0.289 e. The number of likely N-dealkylation sites (tertiary alicyclic amines) is 1. The van der Waals surface area contributed by atoms with Crippen molar-refractivity contribution in [3.63, 3.8) is 0 Å². The van der Waals surface area contributed by atoms with Gasteiger partial charge >= 0.3 is 0 Å². The Morgan fingerprint density at radius 2 is 1.83 bits per heavy atom. The maximum absolute atomic E-state index is 14.6. The van der Waals surface area contributed by atoms with Crippen LogP contribution >= 0.6 is 11.6 Å². The second-order valence-corrected chi connectivity index (χ2v) is 16.1. The van der Waals surface area contributed by atoms with Gasteiger partial charge in [-0.15, -0.1) is 0 Å². The second-order valence-electron chi connectivity index (χ2n) is 15.7. The van der Waals surface area contributed by atoms with E-state index in [4.69, 9.17) is 16.4 Å². The molecule has 2 heterocycles. The molecule has 4 amide bonds. The number of hydrogen-bond donors (Lipinski definition) is 3. The molecule has 0 aromatic heterocycles. The number of oxime groups is 1. The third kappa shape index (κ3) is 8.39. The Hall–Kier alpha value is -3.47. The van der Waals surface area contributed by atoms with Crippen molar-refractivity contribution >= 4 is 46.7 Å². The van der Waals surface area contributed by atoms with Crippen molar-refractivity contribution in [2.45, 2.75) is 123 Å². The zero-order chi connectivity index (χ0) is 35.0. The zero-order valence-corrected chi connectivity index (χ0v) is 29.7. The molecule has 3 N–H and O–H groups in total. The Kier molecular flexibility index (Phi) is 10.6. The molecule has 12 heteroatoms. The van der Waals surface area contributed by atoms with Gasteiger partial charge in [0.15, 0.2) is 5.60 Å². The van der Waals surface area contributed by atoms with Crippen LogP contribution in [0.2, 0.25) is 5.02 Å². The number of rotatable bonds is 13. The fourth-order valence-corrected chi connectivity index (χ4v) is 7.11. The van der Waals surface area contributed by atoms with E-state index >= 15 is 0 Å². The molecule has 0 bridgehead atoms. The molecule has 2 aliphatic carbocycles. The summed E-state index contributed by atoms with van der Waals surface area (Å²) in [6.45, 7) is 11.8. The molecule has 2 aliphatic heterocycles. The molecule has 262 valence electrons. The lowest BCUT2D eigenvalue weighted by Gasteiger charge is -2.35. The van der Waals surface area contributed by atoms with Gasteiger partial charge in [-0.25, -0.2) is 0 Å². The van der Waals surface area contributed by atoms with Gasteiger partial charge in [0.05, 0.1) is 18.3 Å². The monoisotopic (exact) mass is 683 g/mol. The van der Waals surface area contributed by atoms with Crippen molar-refractivity contribution < 1.29 is 28.8 Å². The predicted molar refractivity (Wildman–Crippen MR) is 182 cm³/mol. The van der Waals surface area contributed by atoms with Gasteiger partial charge in [-0.2, -0.15) is 0 Å². The van der Waals surface area contributed by atoms with E-state index in [1.807, 2.05) is 39.8 Å². The molecular formula is C36H50ClN5O6. The Labute approximate surface area is 288 Å². The molecule has 3 fully saturated rings. The largest absolute Gasteiger partial charge is 0.387 e. The highest BCUT2D eigenvalue weighted by molar-refractivity contribution is 6.38. The highest BCUT2D eigenvalue weighted by Gasteiger charge is 2.56. The molecule has 11 nitrogen and oxygen atoms in total. The van der Waals surface area contributed by atoms with Gasteiger partial charge < -0.3 is 25.7 Å². The van der Waals surface area contributed by atoms with Crippen molar-refractivity contribution in [2.75, 3.05) is 6.54 Å². The van der Waals surface area contributed by atoms with Gasteiger partial charge in [-0.05, 0) is 61.5 Å². The van der Waals surface area contributed by atoms with Crippen molar-refractivity contribution in [1.29, 1.82) is 0 Å². The Bertz CT molecular complexity index is 1470. The summed E-state index contributed by atoms with van der Waals surface area (Å²) in [4.78, 5) is 75.4. The van der Waals surface area contributed by atoms with Crippen LogP contribution in [0.5, 0.6) is 0 Å². The van der Waals surface area contributed by atoms with Crippen molar-refractivity contribution in [1.82, 2.24) is 20.9 Å². The minimum Gasteiger partial charge on any atom is -0.387 e. The number of halogens is 1. The lowest BCUT2D eigenvalue weighted by atomic mass is 9.85. The summed E-state index contributed by atoms with van der Waals surface area (Å²) in [7, 11) is 0. The van der Waals surface area contributed by atoms with Crippen LogP contribution in [0.4, 0.5) is 0 Å². The van der Waals surface area contributed by atoms with Crippen LogP contribution in [0.1, 0.15) is 98.5 Å². The first kappa shape index (κ1) is 35.8. The smallest absolute Gasteiger partial charge is 0.289 e. The van der Waals surface area contributed by atoms with E-state index in [1.165, 1.54) is 4.90 Å². The number of nitrogens with zero attached hydrogens (tertiary/aromatic N) is 2. The zero-order valence-electron chi connectivity index (χ0n) is 28.9. The third-order valence-electron chi connectivity index (χ3n) is 9.76. The average Bonchev–Trinajstić information content (AvgIpc) is 3.91. The summed E-state index contributed by atoms with van der Waals surface area (Å²) in [5.41, 5.74) is -0.256. The van der Waals surface area contributed by atoms with Crippen LogP contribution < -0.4 is 16.0 Å².